The van der Waals surface area contributed by atoms with Gasteiger partial charge in [-0.2, -0.15) is 0 Å². The van der Waals surface area contributed by atoms with Crippen LogP contribution in [0.4, 0.5) is 0 Å². The summed E-state index contributed by atoms with van der Waals surface area (Å²) in [5.74, 6) is 0.645. The zero-order chi connectivity index (χ0) is 9.42. The highest BCUT2D eigenvalue weighted by Crippen LogP contribution is 2.21. The van der Waals surface area contributed by atoms with Gasteiger partial charge in [-0.1, -0.05) is 13.8 Å². The third kappa shape index (κ3) is 1.16. The number of fused-ring (bicyclic) bond motifs is 1. The fourth-order valence-electron chi connectivity index (χ4n) is 1.44. The molecule has 0 unspecified atom stereocenters. The van der Waals surface area contributed by atoms with Crippen molar-refractivity contribution < 1.29 is 5.11 Å². The van der Waals surface area contributed by atoms with Gasteiger partial charge in [0.15, 0.2) is 11.4 Å². The van der Waals surface area contributed by atoms with Crippen LogP contribution in [0.3, 0.4) is 0 Å². The quantitative estimate of drug-likeness (QED) is 0.723. The van der Waals surface area contributed by atoms with Crippen LogP contribution in [-0.4, -0.2) is 14.5 Å². The van der Waals surface area contributed by atoms with Gasteiger partial charge in [-0.15, -0.1) is 0 Å². The van der Waals surface area contributed by atoms with E-state index >= 15 is 0 Å². The van der Waals surface area contributed by atoms with E-state index in [1.807, 2.05) is 16.7 Å². The van der Waals surface area contributed by atoms with E-state index in [2.05, 4.69) is 18.8 Å². The molecule has 13 heavy (non-hydrogen) atoms. The minimum atomic E-state index is 0.231. The van der Waals surface area contributed by atoms with Gasteiger partial charge in [0.2, 0.25) is 0 Å². The molecule has 0 spiro atoms. The second-order valence-corrected chi connectivity index (χ2v) is 3.42. The largest absolute Gasteiger partial charge is 0.504 e. The maximum atomic E-state index is 9.48. The Labute approximate surface area is 76.7 Å². The monoisotopic (exact) mass is 176 g/mol. The van der Waals surface area contributed by atoms with Crippen molar-refractivity contribution in [3.8, 4) is 5.75 Å². The first kappa shape index (κ1) is 8.10. The van der Waals surface area contributed by atoms with E-state index < -0.39 is 0 Å². The van der Waals surface area contributed by atoms with Crippen LogP contribution in [0.5, 0.6) is 5.75 Å². The van der Waals surface area contributed by atoms with Crippen molar-refractivity contribution in [3.63, 3.8) is 0 Å². The highest BCUT2D eigenvalue weighted by Gasteiger charge is 2.08. The summed E-state index contributed by atoms with van der Waals surface area (Å²) in [6.07, 6.45) is 3.72. The highest BCUT2D eigenvalue weighted by molar-refractivity contribution is 5.53. The van der Waals surface area contributed by atoms with E-state index in [0.29, 0.717) is 11.6 Å². The summed E-state index contributed by atoms with van der Waals surface area (Å²) in [6, 6.07) is 3.46. The lowest BCUT2D eigenvalue weighted by Gasteiger charge is -2.04. The number of pyridine rings is 1. The Balaban J connectivity index is 2.75. The van der Waals surface area contributed by atoms with Gasteiger partial charge in [0.25, 0.3) is 0 Å². The standard InChI is InChI=1S/C10H12N2O/c1-7(2)8-6-11-10-9(13)4-3-5-12(8)10/h3-7,13H,1-2H3. The van der Waals surface area contributed by atoms with Gasteiger partial charge in [-0.3, -0.25) is 0 Å². The SMILES string of the molecule is CC(C)c1cnc2c(O)cccn12. The molecule has 0 bridgehead atoms. The van der Waals surface area contributed by atoms with E-state index in [9.17, 15) is 5.11 Å². The van der Waals surface area contributed by atoms with Gasteiger partial charge >= 0.3 is 0 Å². The molecular weight excluding hydrogens is 164 g/mol. The zero-order valence-corrected chi connectivity index (χ0v) is 7.73. The summed E-state index contributed by atoms with van der Waals surface area (Å²) in [5, 5.41) is 9.48. The number of hydrogen-bond acceptors (Lipinski definition) is 2. The van der Waals surface area contributed by atoms with E-state index in [1.165, 1.54) is 0 Å². The fourth-order valence-corrected chi connectivity index (χ4v) is 1.44. The molecular formula is C10H12N2O. The number of aromatic hydroxyl groups is 1. The molecule has 0 saturated carbocycles. The molecule has 0 radical (unpaired) electrons. The summed E-state index contributed by atoms with van der Waals surface area (Å²) < 4.78 is 1.92. The first-order valence-corrected chi connectivity index (χ1v) is 4.35. The molecule has 0 aromatic carbocycles. The van der Waals surface area contributed by atoms with E-state index in [-0.39, 0.29) is 5.75 Å². The molecule has 0 saturated heterocycles. The Morgan fingerprint density at radius 2 is 2.23 bits per heavy atom. The van der Waals surface area contributed by atoms with Gasteiger partial charge in [-0.25, -0.2) is 4.98 Å². The molecule has 0 fully saturated rings. The number of rotatable bonds is 1. The van der Waals surface area contributed by atoms with Crippen LogP contribution in [0.15, 0.2) is 24.5 Å². The van der Waals surface area contributed by atoms with Crippen molar-refractivity contribution in [1.82, 2.24) is 9.38 Å². The summed E-state index contributed by atoms with van der Waals surface area (Å²) >= 11 is 0. The normalized spacial score (nSPS) is 11.3. The van der Waals surface area contributed by atoms with E-state index in [0.717, 1.165) is 5.69 Å². The molecule has 0 aliphatic rings. The molecule has 68 valence electrons. The lowest BCUT2D eigenvalue weighted by molar-refractivity contribution is 0.477. The Morgan fingerprint density at radius 1 is 1.46 bits per heavy atom. The zero-order valence-electron chi connectivity index (χ0n) is 7.73. The van der Waals surface area contributed by atoms with Crippen LogP contribution in [0.25, 0.3) is 5.65 Å². The highest BCUT2D eigenvalue weighted by atomic mass is 16.3. The van der Waals surface area contributed by atoms with Gasteiger partial charge < -0.3 is 9.51 Å². The van der Waals surface area contributed by atoms with Crippen LogP contribution in [0.2, 0.25) is 0 Å². The number of aromatic nitrogens is 2. The van der Waals surface area contributed by atoms with Crippen molar-refractivity contribution in [3.05, 3.63) is 30.2 Å². The van der Waals surface area contributed by atoms with Crippen molar-refractivity contribution in [2.75, 3.05) is 0 Å². The Hall–Kier alpha value is -1.51. The molecule has 0 amide bonds. The van der Waals surface area contributed by atoms with E-state index in [4.69, 9.17) is 0 Å². The smallest absolute Gasteiger partial charge is 0.179 e. The summed E-state index contributed by atoms with van der Waals surface area (Å²) in [4.78, 5) is 4.15. The molecule has 3 heteroatoms. The Kier molecular flexibility index (Phi) is 1.72. The first-order chi connectivity index (χ1) is 6.20. The predicted molar refractivity (Wildman–Crippen MR) is 50.9 cm³/mol. The molecule has 0 aliphatic carbocycles. The van der Waals surface area contributed by atoms with Crippen molar-refractivity contribution in [2.24, 2.45) is 0 Å². The number of nitrogens with zero attached hydrogens (tertiary/aromatic N) is 2. The maximum absolute atomic E-state index is 9.48. The van der Waals surface area contributed by atoms with Gasteiger partial charge in [0, 0.05) is 18.1 Å². The molecule has 2 rings (SSSR count). The van der Waals surface area contributed by atoms with Crippen LogP contribution in [0.1, 0.15) is 25.5 Å². The minimum absolute atomic E-state index is 0.231. The Bertz CT molecular complexity index is 431. The lowest BCUT2D eigenvalue weighted by Crippen LogP contribution is -1.93. The maximum Gasteiger partial charge on any atom is 0.179 e. The van der Waals surface area contributed by atoms with Crippen molar-refractivity contribution >= 4 is 5.65 Å². The fraction of sp³-hybridized carbons (Fsp3) is 0.300. The molecule has 2 aromatic rings. The molecule has 3 nitrogen and oxygen atoms in total. The average molecular weight is 176 g/mol. The number of hydrogen-bond donors (Lipinski definition) is 1. The third-order valence-electron chi connectivity index (χ3n) is 2.14. The van der Waals surface area contributed by atoms with Crippen LogP contribution < -0.4 is 0 Å². The molecule has 2 heterocycles. The summed E-state index contributed by atoms with van der Waals surface area (Å²) in [7, 11) is 0. The second-order valence-electron chi connectivity index (χ2n) is 3.42. The topological polar surface area (TPSA) is 37.5 Å². The van der Waals surface area contributed by atoms with E-state index in [1.54, 1.807) is 12.3 Å². The first-order valence-electron chi connectivity index (χ1n) is 4.35. The second kappa shape index (κ2) is 2.76. The number of imidazole rings is 1. The summed E-state index contributed by atoms with van der Waals surface area (Å²) in [5.41, 5.74) is 1.75. The van der Waals surface area contributed by atoms with Crippen LogP contribution in [-0.2, 0) is 0 Å². The third-order valence-corrected chi connectivity index (χ3v) is 2.14. The molecule has 0 aliphatic heterocycles. The minimum Gasteiger partial charge on any atom is -0.504 e. The lowest BCUT2D eigenvalue weighted by atomic mass is 10.1. The van der Waals surface area contributed by atoms with Gasteiger partial charge in [0.05, 0.1) is 0 Å². The molecule has 2 aromatic heterocycles. The molecule has 0 atom stereocenters. The predicted octanol–water partition coefficient (Wildman–Crippen LogP) is 2.16. The molecule has 1 N–H and O–H groups in total. The van der Waals surface area contributed by atoms with Gasteiger partial charge in [-0.05, 0) is 18.1 Å². The van der Waals surface area contributed by atoms with Crippen LogP contribution in [0, 0.1) is 0 Å². The van der Waals surface area contributed by atoms with Crippen molar-refractivity contribution in [2.45, 2.75) is 19.8 Å². The van der Waals surface area contributed by atoms with Crippen LogP contribution >= 0.6 is 0 Å². The Morgan fingerprint density at radius 3 is 2.92 bits per heavy atom. The van der Waals surface area contributed by atoms with Crippen molar-refractivity contribution in [1.29, 1.82) is 0 Å². The van der Waals surface area contributed by atoms with Gasteiger partial charge in [0.1, 0.15) is 0 Å². The average Bonchev–Trinajstić information content (AvgIpc) is 2.48. The summed E-state index contributed by atoms with van der Waals surface area (Å²) in [6.45, 7) is 4.21.